The van der Waals surface area contributed by atoms with Crippen LogP contribution < -0.4 is 0 Å². The highest BCUT2D eigenvalue weighted by molar-refractivity contribution is 7.09. The van der Waals surface area contributed by atoms with Crippen LogP contribution in [0.15, 0.2) is 198 Å². The molecule has 1 aliphatic rings. The lowest BCUT2D eigenvalue weighted by molar-refractivity contribution is 0.534. The monoisotopic (exact) mass is 965 g/mol. The van der Waals surface area contributed by atoms with Crippen LogP contribution in [0.3, 0.4) is 0 Å². The number of hydrogen-bond donors (Lipinski definition) is 1. The van der Waals surface area contributed by atoms with Crippen molar-refractivity contribution in [2.24, 2.45) is 0 Å². The van der Waals surface area contributed by atoms with Gasteiger partial charge in [-0.15, -0.1) is 11.3 Å². The largest absolute Gasteiger partial charge is 0.470 e. The molecule has 0 bridgehead atoms. The molecule has 7 aromatic rings. The molecule has 69 heavy (non-hydrogen) atoms. The molecule has 3 nitrogen and oxygen atoms in total. The third-order valence-corrected chi connectivity index (χ3v) is 7.82. The van der Waals surface area contributed by atoms with Crippen LogP contribution in [0, 0.1) is 41.5 Å². The minimum absolute atomic E-state index is 0.968. The van der Waals surface area contributed by atoms with Gasteiger partial charge < -0.3 is 9.40 Å². The first-order chi connectivity index (χ1) is 33.7. The van der Waals surface area contributed by atoms with Crippen LogP contribution in [-0.4, -0.2) is 9.97 Å². The molecule has 4 heteroatoms. The number of H-pyrrole nitrogens is 1. The summed E-state index contributed by atoms with van der Waals surface area (Å²) in [6, 6.07) is 46.9. The van der Waals surface area contributed by atoms with Crippen molar-refractivity contribution in [3.05, 3.63) is 232 Å². The highest BCUT2D eigenvalue weighted by Gasteiger charge is 1.86. The number of pyridine rings is 1. The smallest absolute Gasteiger partial charge is 0.100 e. The molecule has 4 aromatic heterocycles. The van der Waals surface area contributed by atoms with E-state index in [1.807, 2.05) is 217 Å². The topological polar surface area (TPSA) is 41.8 Å². The van der Waals surface area contributed by atoms with Gasteiger partial charge >= 0.3 is 0 Å². The molecular weight excluding hydrogens is 857 g/mol. The Bertz CT molecular complexity index is 1630. The summed E-state index contributed by atoms with van der Waals surface area (Å²) in [5.74, 6) is 0.968. The van der Waals surface area contributed by atoms with Gasteiger partial charge in [0.2, 0.25) is 0 Å². The van der Waals surface area contributed by atoms with Crippen molar-refractivity contribution in [2.75, 3.05) is 0 Å². The van der Waals surface area contributed by atoms with Crippen LogP contribution >= 0.6 is 11.3 Å². The van der Waals surface area contributed by atoms with Gasteiger partial charge in [0.1, 0.15) is 5.76 Å². The Hall–Kier alpha value is -5.45. The first-order valence-electron chi connectivity index (χ1n) is 26.1. The number of aromatic nitrogens is 2. The molecule has 0 amide bonds. The maximum atomic E-state index is 4.83. The average Bonchev–Trinajstić information content (AvgIpc) is 4.32. The van der Waals surface area contributed by atoms with Gasteiger partial charge in [-0.2, -0.15) is 0 Å². The van der Waals surface area contributed by atoms with Crippen LogP contribution in [0.5, 0.6) is 0 Å². The zero-order valence-electron chi connectivity index (χ0n) is 49.1. The number of thiophene rings is 1. The molecule has 0 unspecified atom stereocenters. The molecule has 0 radical (unpaired) electrons. The molecule has 0 saturated heterocycles. The standard InChI is InChI=1S/C8H10.2C7H8.C6H7N.C6H8.C5H7N.C5H6O.C5H6S.8C2H6/c1-2-8-6-4-3-5-7-8;2*1-7-5-3-2-4-6-7;1-6-2-4-7-5-3-6;1-6-4-2-3-5-6;3*1-5-3-2-4-6-5;8*1-2/h3-7H,2H2,1H3;2*2-6H,1H3;2-5H,1H3;2-4H,5H2,1H3;2-4,6H,1H3;2*2-4H,1H3;8*1-2H3. The number of furan rings is 1. The van der Waals surface area contributed by atoms with Crippen molar-refractivity contribution in [2.45, 2.75) is 179 Å². The van der Waals surface area contributed by atoms with Crippen LogP contribution in [-0.2, 0) is 6.42 Å². The molecule has 0 aliphatic heterocycles. The minimum atomic E-state index is 0.968. The van der Waals surface area contributed by atoms with E-state index < -0.39 is 0 Å². The van der Waals surface area contributed by atoms with E-state index in [2.05, 4.69) is 129 Å². The van der Waals surface area contributed by atoms with Crippen LogP contribution in [0.25, 0.3) is 0 Å². The average molecular weight is 966 g/mol. The summed E-state index contributed by atoms with van der Waals surface area (Å²) in [6.45, 7) is 48.6. The van der Waals surface area contributed by atoms with Gasteiger partial charge in [0.05, 0.1) is 6.26 Å². The highest BCUT2D eigenvalue weighted by atomic mass is 32.1. The van der Waals surface area contributed by atoms with E-state index in [-0.39, 0.29) is 0 Å². The fourth-order valence-corrected chi connectivity index (χ4v) is 4.43. The van der Waals surface area contributed by atoms with E-state index in [9.17, 15) is 0 Å². The van der Waals surface area contributed by atoms with Crippen molar-refractivity contribution < 1.29 is 4.42 Å². The molecule has 1 N–H and O–H groups in total. The molecule has 3 aromatic carbocycles. The number of rotatable bonds is 1. The number of hydrogen-bond acceptors (Lipinski definition) is 3. The minimum Gasteiger partial charge on any atom is -0.470 e. The number of allylic oxidation sites excluding steroid dienone is 4. The SMILES string of the molecule is CC.CC.CC.CC.CC.CC.CC.CC.CC1=CC=CC1.CCc1ccccc1.Cc1ccc[nH]1.Cc1ccccc1.Cc1ccccc1.Cc1ccco1.Cc1cccs1.Cc1ccncc1. The fourth-order valence-electron chi connectivity index (χ4n) is 3.90. The van der Waals surface area contributed by atoms with Crippen molar-refractivity contribution in [3.8, 4) is 0 Å². The van der Waals surface area contributed by atoms with Gasteiger partial charge in [0.15, 0.2) is 0 Å². The van der Waals surface area contributed by atoms with Crippen molar-refractivity contribution in [1.82, 2.24) is 9.97 Å². The number of aryl methyl sites for hydroxylation is 7. The summed E-state index contributed by atoms with van der Waals surface area (Å²) in [6.07, 6.45) is 15.8. The number of nitrogens with one attached hydrogen (secondary N) is 1. The van der Waals surface area contributed by atoms with Gasteiger partial charge in [-0.25, -0.2) is 0 Å². The summed E-state index contributed by atoms with van der Waals surface area (Å²) in [5.41, 5.74) is 8.00. The van der Waals surface area contributed by atoms with Gasteiger partial charge in [-0.1, -0.05) is 250 Å². The van der Waals surface area contributed by atoms with Gasteiger partial charge in [0.25, 0.3) is 0 Å². The second kappa shape index (κ2) is 76.8. The van der Waals surface area contributed by atoms with Gasteiger partial charge in [-0.3, -0.25) is 4.98 Å². The third-order valence-electron chi connectivity index (χ3n) is 7.02. The van der Waals surface area contributed by atoms with E-state index in [1.54, 1.807) is 30.0 Å². The number of benzene rings is 3. The lowest BCUT2D eigenvalue weighted by atomic mass is 10.2. The second-order valence-electron chi connectivity index (χ2n) is 12.1. The van der Waals surface area contributed by atoms with Crippen LogP contribution in [0.1, 0.15) is 170 Å². The Morgan fingerprint density at radius 2 is 0.913 bits per heavy atom. The lowest BCUT2D eigenvalue weighted by Crippen LogP contribution is -1.73. The summed E-state index contributed by atoms with van der Waals surface area (Å²) in [5, 5.41) is 2.08. The Labute approximate surface area is 434 Å². The Morgan fingerprint density at radius 1 is 0.478 bits per heavy atom. The van der Waals surface area contributed by atoms with Crippen LogP contribution in [0.2, 0.25) is 0 Å². The predicted molar refractivity (Wildman–Crippen MR) is 323 cm³/mol. The maximum absolute atomic E-state index is 4.83. The fraction of sp³-hybridized carbons (Fsp3) is 0.400. The Kier molecular flexibility index (Phi) is 89.7. The first-order valence-corrected chi connectivity index (χ1v) is 26.9. The first kappa shape index (κ1) is 80.6. The second-order valence-corrected chi connectivity index (χ2v) is 13.3. The summed E-state index contributed by atoms with van der Waals surface area (Å²) in [7, 11) is 0. The quantitative estimate of drug-likeness (QED) is 0.178. The molecule has 1 aliphatic carbocycles. The number of aromatic amines is 1. The lowest BCUT2D eigenvalue weighted by Gasteiger charge is -1.89. The highest BCUT2D eigenvalue weighted by Crippen LogP contribution is 2.07. The van der Waals surface area contributed by atoms with Crippen LogP contribution in [0.4, 0.5) is 0 Å². The maximum Gasteiger partial charge on any atom is 0.100 e. The molecular formula is C65H108N2OS. The molecule has 0 saturated carbocycles. The molecule has 8 rings (SSSR count). The zero-order valence-corrected chi connectivity index (χ0v) is 49.9. The van der Waals surface area contributed by atoms with Gasteiger partial charge in [-0.05, 0) is 120 Å². The Morgan fingerprint density at radius 3 is 1.06 bits per heavy atom. The van der Waals surface area contributed by atoms with E-state index in [4.69, 9.17) is 4.42 Å². The molecule has 0 atom stereocenters. The van der Waals surface area contributed by atoms with E-state index in [0.29, 0.717) is 0 Å². The third kappa shape index (κ3) is 71.7. The Balaban J connectivity index is -0.0000000986. The molecule has 0 fully saturated rings. The van der Waals surface area contributed by atoms with E-state index in [0.717, 1.165) is 12.2 Å². The summed E-state index contributed by atoms with van der Waals surface area (Å²) in [4.78, 5) is 8.23. The normalized spacial score (nSPS) is 8.32. The summed E-state index contributed by atoms with van der Waals surface area (Å²) < 4.78 is 4.83. The van der Waals surface area contributed by atoms with Crippen molar-refractivity contribution >= 4 is 11.3 Å². The molecule has 0 spiro atoms. The van der Waals surface area contributed by atoms with Gasteiger partial charge in [0, 0.05) is 29.2 Å². The predicted octanol–water partition coefficient (Wildman–Crippen LogP) is 22.7. The van der Waals surface area contributed by atoms with E-state index in [1.165, 1.54) is 44.8 Å². The van der Waals surface area contributed by atoms with Crippen molar-refractivity contribution in [1.29, 1.82) is 0 Å². The number of nitrogens with zero attached hydrogens (tertiary/aromatic N) is 1. The zero-order chi connectivity index (χ0) is 54.8. The molecule has 390 valence electrons. The van der Waals surface area contributed by atoms with E-state index >= 15 is 0 Å². The summed E-state index contributed by atoms with van der Waals surface area (Å²) >= 11 is 1.78. The van der Waals surface area contributed by atoms with Crippen molar-refractivity contribution in [3.63, 3.8) is 0 Å². The molecule has 4 heterocycles.